The maximum absolute atomic E-state index is 12.1. The summed E-state index contributed by atoms with van der Waals surface area (Å²) in [7, 11) is 1.51. The number of rotatable bonds is 2. The highest BCUT2D eigenvalue weighted by molar-refractivity contribution is 8.18. The molecule has 0 spiro atoms. The van der Waals surface area contributed by atoms with Crippen LogP contribution in [0.3, 0.4) is 0 Å². The Hall–Kier alpha value is -2.01. The van der Waals surface area contributed by atoms with Gasteiger partial charge in [0.25, 0.3) is 11.1 Å². The zero-order valence-corrected chi connectivity index (χ0v) is 16.4. The van der Waals surface area contributed by atoms with Crippen LogP contribution in [0.4, 0.5) is 10.5 Å². The normalized spacial score (nSPS) is 21.2. The summed E-state index contributed by atoms with van der Waals surface area (Å²) in [5.74, 6) is -0.232. The van der Waals surface area contributed by atoms with Gasteiger partial charge in [0.05, 0.1) is 10.4 Å². The van der Waals surface area contributed by atoms with Crippen LogP contribution in [-0.2, 0) is 4.79 Å². The standard InChI is InChI=1S/C20H24N2O2S/c1-12(2)22-16-8-7-14(9-15(16)13(3)11-20(22,4)5)10-17-18(23)21(6)19(24)25-17/h7-12H,1-6H3/b17-10+. The highest BCUT2D eigenvalue weighted by Crippen LogP contribution is 2.41. The number of hydrogen-bond acceptors (Lipinski definition) is 4. The Morgan fingerprint density at radius 3 is 2.44 bits per heavy atom. The number of fused-ring (bicyclic) bond motifs is 1. The Balaban J connectivity index is 2.05. The maximum Gasteiger partial charge on any atom is 0.293 e. The van der Waals surface area contributed by atoms with Crippen LogP contribution in [0.15, 0.2) is 29.2 Å². The molecule has 1 aromatic carbocycles. The second kappa shape index (κ2) is 6.06. The van der Waals surface area contributed by atoms with Crippen LogP contribution in [0.1, 0.15) is 45.7 Å². The Bertz CT molecular complexity index is 821. The van der Waals surface area contributed by atoms with Crippen LogP contribution in [0.5, 0.6) is 0 Å². The first-order valence-corrected chi connectivity index (χ1v) is 9.28. The summed E-state index contributed by atoms with van der Waals surface area (Å²) >= 11 is 0.994. The summed E-state index contributed by atoms with van der Waals surface area (Å²) < 4.78 is 0. The fourth-order valence-corrected chi connectivity index (χ4v) is 4.62. The number of anilines is 1. The molecule has 0 saturated carbocycles. The molecule has 3 rings (SSSR count). The molecule has 0 bridgehead atoms. The van der Waals surface area contributed by atoms with Gasteiger partial charge in [-0.2, -0.15) is 0 Å². The molecule has 1 saturated heterocycles. The predicted molar refractivity (Wildman–Crippen MR) is 106 cm³/mol. The first-order chi connectivity index (χ1) is 11.6. The molecule has 0 aromatic heterocycles. The minimum atomic E-state index is -0.232. The molecule has 0 radical (unpaired) electrons. The van der Waals surface area contributed by atoms with E-state index in [0.29, 0.717) is 10.9 Å². The summed E-state index contributed by atoms with van der Waals surface area (Å²) in [6.07, 6.45) is 4.10. The van der Waals surface area contributed by atoms with Crippen molar-refractivity contribution in [3.05, 3.63) is 40.3 Å². The zero-order valence-electron chi connectivity index (χ0n) is 15.6. The van der Waals surface area contributed by atoms with Crippen molar-refractivity contribution in [3.63, 3.8) is 0 Å². The van der Waals surface area contributed by atoms with Gasteiger partial charge in [-0.3, -0.25) is 14.5 Å². The van der Waals surface area contributed by atoms with Gasteiger partial charge in [0.2, 0.25) is 0 Å². The molecule has 2 aliphatic heterocycles. The number of benzene rings is 1. The fourth-order valence-electron chi connectivity index (χ4n) is 3.80. The largest absolute Gasteiger partial charge is 0.360 e. The first-order valence-electron chi connectivity index (χ1n) is 8.46. The molecular formula is C20H24N2O2S. The molecule has 0 unspecified atom stereocenters. The lowest BCUT2D eigenvalue weighted by Crippen LogP contribution is -2.49. The number of likely N-dealkylation sites (N-methyl/N-ethyl adjacent to an activating group) is 1. The van der Waals surface area contributed by atoms with E-state index in [1.807, 2.05) is 6.07 Å². The fraction of sp³-hybridized carbons (Fsp3) is 0.400. The predicted octanol–water partition coefficient (Wildman–Crippen LogP) is 4.76. The molecule has 1 fully saturated rings. The van der Waals surface area contributed by atoms with Crippen molar-refractivity contribution < 1.29 is 9.59 Å². The molecule has 2 amide bonds. The van der Waals surface area contributed by atoms with Gasteiger partial charge in [0, 0.05) is 24.3 Å². The summed E-state index contributed by atoms with van der Waals surface area (Å²) in [6.45, 7) is 11.0. The van der Waals surface area contributed by atoms with Crippen LogP contribution in [0.25, 0.3) is 11.6 Å². The van der Waals surface area contributed by atoms with E-state index in [1.165, 1.54) is 23.9 Å². The lowest BCUT2D eigenvalue weighted by atomic mass is 9.87. The summed E-state index contributed by atoms with van der Waals surface area (Å²) in [5, 5.41) is -0.224. The molecule has 2 heterocycles. The number of carbonyl (C=O) groups is 2. The number of thioether (sulfide) groups is 1. The highest BCUT2D eigenvalue weighted by Gasteiger charge is 2.34. The topological polar surface area (TPSA) is 40.6 Å². The second-order valence-corrected chi connectivity index (χ2v) is 8.46. The number of hydrogen-bond donors (Lipinski definition) is 0. The van der Waals surface area contributed by atoms with Gasteiger partial charge in [-0.05, 0) is 75.7 Å². The van der Waals surface area contributed by atoms with Crippen molar-refractivity contribution in [1.29, 1.82) is 0 Å². The molecular weight excluding hydrogens is 332 g/mol. The summed E-state index contributed by atoms with van der Waals surface area (Å²) in [6, 6.07) is 6.62. The minimum absolute atomic E-state index is 0.0440. The average Bonchev–Trinajstić information content (AvgIpc) is 2.74. The van der Waals surface area contributed by atoms with E-state index in [4.69, 9.17) is 0 Å². The van der Waals surface area contributed by atoms with Crippen molar-refractivity contribution >= 4 is 40.2 Å². The maximum atomic E-state index is 12.1. The Morgan fingerprint density at radius 2 is 1.88 bits per heavy atom. The Kier molecular flexibility index (Phi) is 4.31. The van der Waals surface area contributed by atoms with Crippen molar-refractivity contribution in [2.24, 2.45) is 0 Å². The first kappa shape index (κ1) is 17.8. The molecule has 4 nitrogen and oxygen atoms in total. The van der Waals surface area contributed by atoms with E-state index in [1.54, 1.807) is 6.08 Å². The van der Waals surface area contributed by atoms with Crippen molar-refractivity contribution in [2.75, 3.05) is 11.9 Å². The summed E-state index contributed by atoms with van der Waals surface area (Å²) in [5.41, 5.74) is 4.51. The zero-order chi connectivity index (χ0) is 18.5. The van der Waals surface area contributed by atoms with Gasteiger partial charge in [0.15, 0.2) is 0 Å². The third-order valence-electron chi connectivity index (χ3n) is 4.70. The van der Waals surface area contributed by atoms with Gasteiger partial charge >= 0.3 is 0 Å². The SMILES string of the molecule is CC1=CC(C)(C)N(C(C)C)c2ccc(/C=C3/SC(=O)N(C)C3=O)cc21. The van der Waals surface area contributed by atoms with Crippen LogP contribution >= 0.6 is 11.8 Å². The van der Waals surface area contributed by atoms with E-state index in [9.17, 15) is 9.59 Å². The average molecular weight is 356 g/mol. The minimum Gasteiger partial charge on any atom is -0.360 e. The van der Waals surface area contributed by atoms with E-state index in [-0.39, 0.29) is 16.7 Å². The van der Waals surface area contributed by atoms with Gasteiger partial charge in [-0.25, -0.2) is 0 Å². The number of amides is 2. The van der Waals surface area contributed by atoms with Crippen LogP contribution in [-0.4, -0.2) is 34.7 Å². The van der Waals surface area contributed by atoms with Crippen LogP contribution in [0, 0.1) is 0 Å². The van der Waals surface area contributed by atoms with E-state index < -0.39 is 0 Å². The van der Waals surface area contributed by atoms with E-state index in [0.717, 1.165) is 22.2 Å². The smallest absolute Gasteiger partial charge is 0.293 e. The van der Waals surface area contributed by atoms with Crippen LogP contribution in [0.2, 0.25) is 0 Å². The Labute approximate surface area is 153 Å². The Morgan fingerprint density at radius 1 is 1.20 bits per heavy atom. The molecule has 0 aliphatic carbocycles. The molecule has 1 aromatic rings. The number of nitrogens with zero attached hydrogens (tertiary/aromatic N) is 2. The molecule has 2 aliphatic rings. The van der Waals surface area contributed by atoms with Gasteiger partial charge in [-0.1, -0.05) is 12.1 Å². The summed E-state index contributed by atoms with van der Waals surface area (Å²) in [4.78, 5) is 27.8. The van der Waals surface area contributed by atoms with Crippen molar-refractivity contribution in [1.82, 2.24) is 4.90 Å². The molecule has 0 atom stereocenters. The molecule has 5 heteroatoms. The molecule has 132 valence electrons. The highest BCUT2D eigenvalue weighted by atomic mass is 32.2. The third-order valence-corrected chi connectivity index (χ3v) is 5.66. The number of imide groups is 1. The lowest BCUT2D eigenvalue weighted by molar-refractivity contribution is -0.121. The van der Waals surface area contributed by atoms with Crippen molar-refractivity contribution in [2.45, 2.75) is 46.2 Å². The van der Waals surface area contributed by atoms with Crippen molar-refractivity contribution in [3.8, 4) is 0 Å². The van der Waals surface area contributed by atoms with Gasteiger partial charge < -0.3 is 4.90 Å². The van der Waals surface area contributed by atoms with E-state index in [2.05, 4.69) is 57.7 Å². The monoisotopic (exact) mass is 356 g/mol. The third kappa shape index (κ3) is 3.01. The molecule has 25 heavy (non-hydrogen) atoms. The van der Waals surface area contributed by atoms with E-state index >= 15 is 0 Å². The van der Waals surface area contributed by atoms with Crippen LogP contribution < -0.4 is 4.90 Å². The molecule has 0 N–H and O–H groups in total. The van der Waals surface area contributed by atoms with Gasteiger partial charge in [-0.15, -0.1) is 0 Å². The van der Waals surface area contributed by atoms with Gasteiger partial charge in [0.1, 0.15) is 0 Å². The number of carbonyl (C=O) groups excluding carboxylic acids is 2. The number of allylic oxidation sites excluding steroid dienone is 1. The lowest BCUT2D eigenvalue weighted by Gasteiger charge is -2.46. The quantitative estimate of drug-likeness (QED) is 0.716. The second-order valence-electron chi connectivity index (χ2n) is 7.46.